The molecule has 1 aliphatic heterocycles. The predicted molar refractivity (Wildman–Crippen MR) is 54.5 cm³/mol. The molecule has 1 saturated heterocycles. The van der Waals surface area contributed by atoms with Crippen molar-refractivity contribution in [3.63, 3.8) is 0 Å². The molecule has 0 aliphatic carbocycles. The molecule has 0 saturated carbocycles. The van der Waals surface area contributed by atoms with Gasteiger partial charge in [-0.05, 0) is 25.3 Å². The average Bonchev–Trinajstić information content (AvgIpc) is 2.55. The van der Waals surface area contributed by atoms with Crippen LogP contribution in [-0.4, -0.2) is 41.8 Å². The van der Waals surface area contributed by atoms with Gasteiger partial charge in [-0.1, -0.05) is 13.8 Å². The maximum Gasteiger partial charge on any atom is 0.0599 e. The third kappa shape index (κ3) is 2.42. The summed E-state index contributed by atoms with van der Waals surface area (Å²) in [5.41, 5.74) is 5.62. The van der Waals surface area contributed by atoms with E-state index in [9.17, 15) is 0 Å². The van der Waals surface area contributed by atoms with Crippen molar-refractivity contribution in [2.24, 2.45) is 11.7 Å². The van der Waals surface area contributed by atoms with Crippen LogP contribution >= 0.6 is 0 Å². The third-order valence-corrected chi connectivity index (χ3v) is 3.06. The second-order valence-corrected chi connectivity index (χ2v) is 4.26. The minimum Gasteiger partial charge on any atom is -0.395 e. The molecule has 0 amide bonds. The van der Waals surface area contributed by atoms with E-state index in [1.807, 2.05) is 0 Å². The smallest absolute Gasteiger partial charge is 0.0599 e. The van der Waals surface area contributed by atoms with Crippen molar-refractivity contribution in [3.8, 4) is 0 Å². The van der Waals surface area contributed by atoms with Crippen LogP contribution in [0.25, 0.3) is 0 Å². The summed E-state index contributed by atoms with van der Waals surface area (Å²) in [4.78, 5) is 2.38. The standard InChI is InChI=1S/C10H22N2O/c1-8(2)10-4-3-5-12(10)9(6-11)7-13/h8-10,13H,3-7,11H2,1-2H3. The van der Waals surface area contributed by atoms with E-state index in [0.717, 1.165) is 6.54 Å². The number of aliphatic hydroxyl groups excluding tert-OH is 1. The fraction of sp³-hybridized carbons (Fsp3) is 1.00. The maximum absolute atomic E-state index is 9.16. The molecule has 0 aromatic heterocycles. The highest BCUT2D eigenvalue weighted by Crippen LogP contribution is 2.25. The van der Waals surface area contributed by atoms with E-state index in [-0.39, 0.29) is 12.6 Å². The van der Waals surface area contributed by atoms with E-state index in [1.54, 1.807) is 0 Å². The number of hydrogen-bond donors (Lipinski definition) is 2. The first-order valence-corrected chi connectivity index (χ1v) is 5.27. The third-order valence-electron chi connectivity index (χ3n) is 3.06. The van der Waals surface area contributed by atoms with E-state index in [4.69, 9.17) is 10.8 Å². The molecule has 0 radical (unpaired) electrons. The second kappa shape index (κ2) is 4.94. The number of nitrogens with zero attached hydrogens (tertiary/aromatic N) is 1. The SMILES string of the molecule is CC(C)C1CCCN1C(CN)CO. The van der Waals surface area contributed by atoms with Gasteiger partial charge in [-0.3, -0.25) is 4.90 Å². The van der Waals surface area contributed by atoms with Crippen LogP contribution in [-0.2, 0) is 0 Å². The highest BCUT2D eigenvalue weighted by atomic mass is 16.3. The van der Waals surface area contributed by atoms with Crippen LogP contribution in [0.5, 0.6) is 0 Å². The molecule has 2 atom stereocenters. The number of aliphatic hydroxyl groups is 1. The summed E-state index contributed by atoms with van der Waals surface area (Å²) in [6.07, 6.45) is 2.51. The molecule has 0 bridgehead atoms. The Labute approximate surface area is 80.9 Å². The zero-order chi connectivity index (χ0) is 9.84. The number of likely N-dealkylation sites (tertiary alicyclic amines) is 1. The first-order chi connectivity index (χ1) is 6.20. The van der Waals surface area contributed by atoms with Gasteiger partial charge in [-0.2, -0.15) is 0 Å². The summed E-state index contributed by atoms with van der Waals surface area (Å²) >= 11 is 0. The molecule has 1 rings (SSSR count). The van der Waals surface area contributed by atoms with Gasteiger partial charge in [0.25, 0.3) is 0 Å². The molecule has 3 N–H and O–H groups in total. The zero-order valence-electron chi connectivity index (χ0n) is 8.74. The summed E-state index contributed by atoms with van der Waals surface area (Å²) in [6, 6.07) is 0.801. The van der Waals surface area contributed by atoms with Crippen LogP contribution in [0.4, 0.5) is 0 Å². The molecule has 1 fully saturated rings. The monoisotopic (exact) mass is 186 g/mol. The number of hydrogen-bond acceptors (Lipinski definition) is 3. The Morgan fingerprint density at radius 3 is 2.69 bits per heavy atom. The molecule has 78 valence electrons. The van der Waals surface area contributed by atoms with Gasteiger partial charge in [0.1, 0.15) is 0 Å². The summed E-state index contributed by atoms with van der Waals surface area (Å²) in [6.45, 7) is 6.35. The van der Waals surface area contributed by atoms with E-state index in [2.05, 4.69) is 18.7 Å². The van der Waals surface area contributed by atoms with Gasteiger partial charge >= 0.3 is 0 Å². The van der Waals surface area contributed by atoms with Gasteiger partial charge in [0.15, 0.2) is 0 Å². The molecule has 3 heteroatoms. The van der Waals surface area contributed by atoms with Crippen LogP contribution < -0.4 is 5.73 Å². The molecule has 13 heavy (non-hydrogen) atoms. The van der Waals surface area contributed by atoms with E-state index >= 15 is 0 Å². The van der Waals surface area contributed by atoms with Crippen molar-refractivity contribution in [1.82, 2.24) is 4.90 Å². The first kappa shape index (κ1) is 11.0. The Morgan fingerprint density at radius 1 is 1.54 bits per heavy atom. The van der Waals surface area contributed by atoms with Crippen LogP contribution in [0.1, 0.15) is 26.7 Å². The van der Waals surface area contributed by atoms with Crippen molar-refractivity contribution < 1.29 is 5.11 Å². The van der Waals surface area contributed by atoms with Crippen molar-refractivity contribution in [1.29, 1.82) is 0 Å². The van der Waals surface area contributed by atoms with Gasteiger partial charge in [-0.25, -0.2) is 0 Å². The molecule has 3 nitrogen and oxygen atoms in total. The lowest BCUT2D eigenvalue weighted by atomic mass is 10.0. The van der Waals surface area contributed by atoms with Gasteiger partial charge in [0, 0.05) is 18.6 Å². The predicted octanol–water partition coefficient (Wildman–Crippen LogP) is 0.426. The van der Waals surface area contributed by atoms with Crippen molar-refractivity contribution in [2.45, 2.75) is 38.8 Å². The molecular formula is C10H22N2O. The van der Waals surface area contributed by atoms with Crippen molar-refractivity contribution in [2.75, 3.05) is 19.7 Å². The van der Waals surface area contributed by atoms with E-state index < -0.39 is 0 Å². The first-order valence-electron chi connectivity index (χ1n) is 5.27. The Hall–Kier alpha value is -0.120. The molecule has 2 unspecified atom stereocenters. The number of nitrogens with two attached hydrogens (primary N) is 1. The van der Waals surface area contributed by atoms with Gasteiger partial charge in [-0.15, -0.1) is 0 Å². The molecular weight excluding hydrogens is 164 g/mol. The van der Waals surface area contributed by atoms with Crippen LogP contribution in [0.15, 0.2) is 0 Å². The van der Waals surface area contributed by atoms with E-state index in [1.165, 1.54) is 12.8 Å². The fourth-order valence-electron chi connectivity index (χ4n) is 2.30. The van der Waals surface area contributed by atoms with Gasteiger partial charge < -0.3 is 10.8 Å². The summed E-state index contributed by atoms with van der Waals surface area (Å²) in [5, 5.41) is 9.16. The van der Waals surface area contributed by atoms with E-state index in [0.29, 0.717) is 18.5 Å². The molecule has 0 aromatic rings. The van der Waals surface area contributed by atoms with Gasteiger partial charge in [0.05, 0.1) is 6.61 Å². The summed E-state index contributed by atoms with van der Waals surface area (Å²) in [5.74, 6) is 0.670. The largest absolute Gasteiger partial charge is 0.395 e. The lowest BCUT2D eigenvalue weighted by Gasteiger charge is -2.33. The van der Waals surface area contributed by atoms with Crippen molar-refractivity contribution >= 4 is 0 Å². The topological polar surface area (TPSA) is 49.5 Å². The molecule has 1 heterocycles. The molecule has 1 aliphatic rings. The normalized spacial score (nSPS) is 27.0. The maximum atomic E-state index is 9.16. The second-order valence-electron chi connectivity index (χ2n) is 4.26. The summed E-state index contributed by atoms with van der Waals surface area (Å²) in [7, 11) is 0. The van der Waals surface area contributed by atoms with Gasteiger partial charge in [0.2, 0.25) is 0 Å². The Balaban J connectivity index is 2.55. The minimum absolute atomic E-state index is 0.176. The van der Waals surface area contributed by atoms with Crippen LogP contribution in [0.2, 0.25) is 0 Å². The lowest BCUT2D eigenvalue weighted by molar-refractivity contribution is 0.0975. The Bertz CT molecular complexity index is 146. The molecule has 0 aromatic carbocycles. The molecule has 0 spiro atoms. The summed E-state index contributed by atoms with van der Waals surface area (Å²) < 4.78 is 0. The highest BCUT2D eigenvalue weighted by molar-refractivity contribution is 4.86. The zero-order valence-corrected chi connectivity index (χ0v) is 8.74. The fourth-order valence-corrected chi connectivity index (χ4v) is 2.30. The average molecular weight is 186 g/mol. The lowest BCUT2D eigenvalue weighted by Crippen LogP contribution is -2.47. The Kier molecular flexibility index (Phi) is 4.16. The van der Waals surface area contributed by atoms with Crippen LogP contribution in [0.3, 0.4) is 0 Å². The van der Waals surface area contributed by atoms with Crippen LogP contribution in [0, 0.1) is 5.92 Å². The van der Waals surface area contributed by atoms with Crippen molar-refractivity contribution in [3.05, 3.63) is 0 Å². The Morgan fingerprint density at radius 2 is 2.23 bits per heavy atom. The quantitative estimate of drug-likeness (QED) is 0.669. The highest BCUT2D eigenvalue weighted by Gasteiger charge is 2.31. The number of rotatable bonds is 4. The minimum atomic E-state index is 0.176.